The molecule has 3 rings (SSSR count). The highest BCUT2D eigenvalue weighted by atomic mass is 35.5. The second kappa shape index (κ2) is 11.9. The van der Waals surface area contributed by atoms with Gasteiger partial charge in [0.2, 0.25) is 0 Å². The van der Waals surface area contributed by atoms with Crippen molar-refractivity contribution in [1.29, 1.82) is 0 Å². The summed E-state index contributed by atoms with van der Waals surface area (Å²) in [4.78, 5) is 0. The molecule has 0 N–H and O–H groups in total. The average Bonchev–Trinajstić information content (AvgIpc) is 3.17. The number of hydrogen-bond donors (Lipinski definition) is 0. The predicted octanol–water partition coefficient (Wildman–Crippen LogP) is 7.28. The van der Waals surface area contributed by atoms with E-state index in [9.17, 15) is 9.13 Å². The Morgan fingerprint density at radius 1 is 0.838 bits per heavy atom. The van der Waals surface area contributed by atoms with E-state index in [1.54, 1.807) is 14.2 Å². The Bertz CT molecular complexity index is 1330. The summed E-state index contributed by atoms with van der Waals surface area (Å²) in [6, 6.07) is 9.65. The molecule has 37 heavy (non-hydrogen) atoms. The molecule has 2 aromatic carbocycles. The first-order valence-electron chi connectivity index (χ1n) is 11.5. The summed E-state index contributed by atoms with van der Waals surface area (Å²) >= 11 is 6.48. The van der Waals surface area contributed by atoms with Crippen molar-refractivity contribution in [3.05, 3.63) is 46.5 Å². The van der Waals surface area contributed by atoms with Crippen LogP contribution in [0, 0.1) is 13.8 Å². The van der Waals surface area contributed by atoms with Crippen LogP contribution >= 0.6 is 26.8 Å². The van der Waals surface area contributed by atoms with E-state index in [1.807, 2.05) is 44.2 Å². The molecule has 1 heterocycles. The van der Waals surface area contributed by atoms with Crippen LogP contribution in [0.2, 0.25) is 5.02 Å². The van der Waals surface area contributed by atoms with Crippen LogP contribution in [0.25, 0.3) is 22.2 Å². The summed E-state index contributed by atoms with van der Waals surface area (Å²) in [5, 5.41) is 0.244. The zero-order valence-electron chi connectivity index (χ0n) is 22.4. The fourth-order valence-corrected chi connectivity index (χ4v) is 9.57. The number of benzene rings is 2. The summed E-state index contributed by atoms with van der Waals surface area (Å²) in [7, 11) is 0.479. The second-order valence-corrected chi connectivity index (χ2v) is 14.1. The van der Waals surface area contributed by atoms with Gasteiger partial charge in [0.1, 0.15) is 11.5 Å². The van der Waals surface area contributed by atoms with Crippen molar-refractivity contribution in [3.63, 3.8) is 0 Å². The molecule has 3 aromatic rings. The summed E-state index contributed by atoms with van der Waals surface area (Å²) in [6.45, 7) is 4.27. The van der Waals surface area contributed by atoms with Crippen LogP contribution in [0.3, 0.4) is 0 Å². The van der Waals surface area contributed by atoms with Crippen molar-refractivity contribution in [2.75, 3.05) is 42.7 Å². The third kappa shape index (κ3) is 5.50. The quantitative estimate of drug-likeness (QED) is 0.209. The van der Waals surface area contributed by atoms with Gasteiger partial charge in [0.05, 0.1) is 30.5 Å². The molecule has 0 saturated carbocycles. The highest BCUT2D eigenvalue weighted by Gasteiger charge is 2.49. The topological polar surface area (TPSA) is 94.5 Å². The SMILES string of the molecule is COc1ccc(-c2c(C)c3cc(Cl)c(OC)cc3n2CCC(P(=O)(OC)OC)P(=O)(OC)OC)cc1C. The number of halogens is 1. The predicted molar refractivity (Wildman–Crippen MR) is 147 cm³/mol. The Hall–Kier alpha value is -1.83. The number of nitrogens with zero attached hydrogens (tertiary/aromatic N) is 1. The van der Waals surface area contributed by atoms with E-state index in [0.29, 0.717) is 10.8 Å². The Kier molecular flexibility index (Phi) is 9.57. The van der Waals surface area contributed by atoms with Gasteiger partial charge < -0.3 is 32.1 Å². The van der Waals surface area contributed by atoms with Gasteiger partial charge in [-0.25, -0.2) is 0 Å². The van der Waals surface area contributed by atoms with Crippen LogP contribution in [0.15, 0.2) is 30.3 Å². The van der Waals surface area contributed by atoms with Gasteiger partial charge in [0.25, 0.3) is 0 Å². The molecule has 0 aliphatic rings. The van der Waals surface area contributed by atoms with Gasteiger partial charge in [0, 0.05) is 46.4 Å². The molecule has 0 fully saturated rings. The highest BCUT2D eigenvalue weighted by molar-refractivity contribution is 7.72. The molecule has 0 bridgehead atoms. The molecular weight excluding hydrogens is 540 g/mol. The normalized spacial score (nSPS) is 12.5. The fourth-order valence-electron chi connectivity index (χ4n) is 4.67. The van der Waals surface area contributed by atoms with Gasteiger partial charge >= 0.3 is 15.2 Å². The molecule has 204 valence electrons. The minimum atomic E-state index is -3.85. The molecule has 0 unspecified atom stereocenters. The maximum absolute atomic E-state index is 13.5. The largest absolute Gasteiger partial charge is 0.496 e. The first-order chi connectivity index (χ1) is 17.5. The van der Waals surface area contributed by atoms with Crippen LogP contribution in [0.4, 0.5) is 0 Å². The number of fused-ring (bicyclic) bond motifs is 1. The lowest BCUT2D eigenvalue weighted by Gasteiger charge is -2.29. The van der Waals surface area contributed by atoms with Crippen LogP contribution in [0.1, 0.15) is 17.5 Å². The molecule has 0 aliphatic heterocycles. The van der Waals surface area contributed by atoms with Crippen molar-refractivity contribution < 1.29 is 36.7 Å². The van der Waals surface area contributed by atoms with Gasteiger partial charge in [-0.1, -0.05) is 11.6 Å². The van der Waals surface area contributed by atoms with Crippen molar-refractivity contribution in [2.24, 2.45) is 0 Å². The molecule has 9 nitrogen and oxygen atoms in total. The van der Waals surface area contributed by atoms with Gasteiger partial charge in [-0.05, 0) is 61.2 Å². The van der Waals surface area contributed by atoms with Crippen LogP contribution < -0.4 is 9.47 Å². The number of rotatable bonds is 12. The first kappa shape index (κ1) is 29.7. The lowest BCUT2D eigenvalue weighted by molar-refractivity contribution is 0.244. The Labute approximate surface area is 223 Å². The number of aromatic nitrogens is 1. The van der Waals surface area contributed by atoms with Crippen molar-refractivity contribution in [2.45, 2.75) is 32.2 Å². The number of aryl methyl sites for hydroxylation is 3. The molecule has 0 saturated heterocycles. The van der Waals surface area contributed by atoms with Crippen LogP contribution in [0.5, 0.6) is 11.5 Å². The summed E-state index contributed by atoms with van der Waals surface area (Å²) < 4.78 is 60.9. The van der Waals surface area contributed by atoms with E-state index in [4.69, 9.17) is 39.2 Å². The Morgan fingerprint density at radius 3 is 1.89 bits per heavy atom. The minimum Gasteiger partial charge on any atom is -0.496 e. The molecular formula is C25H34ClNO8P2. The zero-order valence-corrected chi connectivity index (χ0v) is 24.9. The van der Waals surface area contributed by atoms with Gasteiger partial charge in [-0.3, -0.25) is 9.13 Å². The number of ether oxygens (including phenoxy) is 2. The first-order valence-corrected chi connectivity index (χ1v) is 15.1. The third-order valence-corrected chi connectivity index (χ3v) is 12.6. The summed E-state index contributed by atoms with van der Waals surface area (Å²) in [5.41, 5.74) is 4.66. The van der Waals surface area contributed by atoms with Crippen molar-refractivity contribution in [3.8, 4) is 22.8 Å². The standard InChI is InChI=1S/C25H34ClNO8P2/c1-16-13-18(9-10-22(16)30-3)25-17(2)19-14-20(26)23(31-4)15-21(19)27(25)12-11-24(36(28,32-5)33-6)37(29,34-7)35-8/h9-10,13-15,24H,11-12H2,1-8H3. The molecule has 0 aliphatic carbocycles. The number of hydrogen-bond acceptors (Lipinski definition) is 8. The van der Waals surface area contributed by atoms with E-state index in [1.165, 1.54) is 28.4 Å². The van der Waals surface area contributed by atoms with E-state index in [2.05, 4.69) is 4.57 Å². The molecule has 0 radical (unpaired) electrons. The number of methoxy groups -OCH3 is 2. The lowest BCUT2D eigenvalue weighted by Crippen LogP contribution is -2.17. The molecule has 0 spiro atoms. The maximum atomic E-state index is 13.5. The van der Waals surface area contributed by atoms with E-state index >= 15 is 0 Å². The van der Waals surface area contributed by atoms with Crippen molar-refractivity contribution in [1.82, 2.24) is 4.57 Å². The third-order valence-electron chi connectivity index (χ3n) is 6.62. The van der Waals surface area contributed by atoms with E-state index in [0.717, 1.165) is 39.0 Å². The smallest absolute Gasteiger partial charge is 0.345 e. The van der Waals surface area contributed by atoms with Crippen LogP contribution in [-0.4, -0.2) is 52.6 Å². The monoisotopic (exact) mass is 573 g/mol. The highest BCUT2D eigenvalue weighted by Crippen LogP contribution is 2.70. The lowest BCUT2D eigenvalue weighted by atomic mass is 10.0. The minimum absolute atomic E-state index is 0.105. The molecule has 0 atom stereocenters. The fraction of sp³-hybridized carbons (Fsp3) is 0.440. The van der Waals surface area contributed by atoms with Gasteiger partial charge in [0.15, 0.2) is 5.40 Å². The average molecular weight is 574 g/mol. The molecule has 0 amide bonds. The summed E-state index contributed by atoms with van der Waals surface area (Å²) in [6.07, 6.45) is 0.105. The van der Waals surface area contributed by atoms with Gasteiger partial charge in [-0.2, -0.15) is 0 Å². The zero-order chi connectivity index (χ0) is 27.5. The Morgan fingerprint density at radius 2 is 1.41 bits per heavy atom. The van der Waals surface area contributed by atoms with Crippen LogP contribution in [-0.2, 0) is 33.8 Å². The van der Waals surface area contributed by atoms with E-state index < -0.39 is 20.6 Å². The van der Waals surface area contributed by atoms with Gasteiger partial charge in [-0.15, -0.1) is 0 Å². The van der Waals surface area contributed by atoms with E-state index in [-0.39, 0.29) is 13.0 Å². The maximum Gasteiger partial charge on any atom is 0.345 e. The molecule has 12 heteroatoms. The second-order valence-electron chi connectivity index (χ2n) is 8.39. The Balaban J connectivity index is 2.26. The molecule has 1 aromatic heterocycles. The summed E-state index contributed by atoms with van der Waals surface area (Å²) in [5.74, 6) is 1.29. The van der Waals surface area contributed by atoms with Crippen molar-refractivity contribution >= 4 is 37.7 Å².